The second-order valence-electron chi connectivity index (χ2n) is 6.43. The summed E-state index contributed by atoms with van der Waals surface area (Å²) in [5.41, 5.74) is 2.24. The van der Waals surface area contributed by atoms with E-state index in [0.717, 1.165) is 24.2 Å². The lowest BCUT2D eigenvalue weighted by Gasteiger charge is -2.05. The van der Waals surface area contributed by atoms with Crippen molar-refractivity contribution in [3.05, 3.63) is 70.3 Å². The van der Waals surface area contributed by atoms with Gasteiger partial charge in [-0.15, -0.1) is 5.10 Å². The number of carbonyl (C=O) groups is 1. The molecule has 0 atom stereocenters. The summed E-state index contributed by atoms with van der Waals surface area (Å²) in [5, 5.41) is 25.3. The van der Waals surface area contributed by atoms with Crippen LogP contribution < -0.4 is 5.32 Å². The Morgan fingerprint density at radius 3 is 2.50 bits per heavy atom. The van der Waals surface area contributed by atoms with Crippen molar-refractivity contribution in [3.8, 4) is 11.4 Å². The third-order valence-corrected chi connectivity index (χ3v) is 4.33. The van der Waals surface area contributed by atoms with E-state index in [1.165, 1.54) is 18.2 Å². The van der Waals surface area contributed by atoms with Crippen molar-refractivity contribution < 1.29 is 9.72 Å². The maximum Gasteiger partial charge on any atom is 0.269 e. The summed E-state index contributed by atoms with van der Waals surface area (Å²) >= 11 is 0. The molecule has 1 aliphatic carbocycles. The molecule has 1 fully saturated rings. The van der Waals surface area contributed by atoms with Gasteiger partial charge in [0.2, 0.25) is 5.91 Å². The molecule has 0 bridgehead atoms. The number of tetrazole rings is 1. The third kappa shape index (κ3) is 3.93. The lowest BCUT2D eigenvalue weighted by Crippen LogP contribution is -2.07. The molecule has 0 unspecified atom stereocenters. The number of rotatable bonds is 6. The largest absolute Gasteiger partial charge is 0.323 e. The molecule has 1 heterocycles. The number of carbonyl (C=O) groups excluding carboxylic acids is 1. The molecular formula is C19H16N6O3. The molecule has 1 aromatic heterocycles. The number of nitrogens with zero attached hydrogens (tertiary/aromatic N) is 5. The standard InChI is InChI=1S/C19H16N6O3/c26-18(12-3-13-1-8-17(9-2-13)25(27)28)20-15-6-4-14(5-7-15)19-21-22-23-24(19)16-10-11-16/h1-9,12,16H,10-11H2,(H,20,26)/b12-3+. The topological polar surface area (TPSA) is 116 Å². The van der Waals surface area contributed by atoms with Crippen molar-refractivity contribution in [1.82, 2.24) is 20.2 Å². The number of benzene rings is 2. The van der Waals surface area contributed by atoms with Crippen LogP contribution in [0.3, 0.4) is 0 Å². The third-order valence-electron chi connectivity index (χ3n) is 4.33. The molecule has 1 saturated carbocycles. The number of non-ortho nitro benzene ring substituents is 1. The summed E-state index contributed by atoms with van der Waals surface area (Å²) in [6.07, 6.45) is 5.15. The molecule has 0 saturated heterocycles. The maximum atomic E-state index is 12.1. The normalized spacial score (nSPS) is 13.6. The van der Waals surface area contributed by atoms with Gasteiger partial charge in [0.15, 0.2) is 5.82 Å². The average Bonchev–Trinajstić information content (AvgIpc) is 3.44. The van der Waals surface area contributed by atoms with Crippen molar-refractivity contribution in [2.45, 2.75) is 18.9 Å². The summed E-state index contributed by atoms with van der Waals surface area (Å²) in [5.74, 6) is 0.423. The van der Waals surface area contributed by atoms with Gasteiger partial charge in [-0.05, 0) is 71.3 Å². The number of hydrogen-bond donors (Lipinski definition) is 1. The molecule has 1 N–H and O–H groups in total. The van der Waals surface area contributed by atoms with E-state index in [1.807, 2.05) is 16.8 Å². The van der Waals surface area contributed by atoms with E-state index in [9.17, 15) is 14.9 Å². The number of anilines is 1. The zero-order valence-electron chi connectivity index (χ0n) is 14.7. The van der Waals surface area contributed by atoms with E-state index >= 15 is 0 Å². The second kappa shape index (κ2) is 7.39. The number of amides is 1. The molecule has 9 nitrogen and oxygen atoms in total. The van der Waals surface area contributed by atoms with Gasteiger partial charge in [0.1, 0.15) is 0 Å². The lowest BCUT2D eigenvalue weighted by molar-refractivity contribution is -0.384. The summed E-state index contributed by atoms with van der Waals surface area (Å²) in [7, 11) is 0. The van der Waals surface area contributed by atoms with Gasteiger partial charge < -0.3 is 5.32 Å². The highest BCUT2D eigenvalue weighted by molar-refractivity contribution is 6.02. The van der Waals surface area contributed by atoms with E-state index in [4.69, 9.17) is 0 Å². The van der Waals surface area contributed by atoms with Crippen molar-refractivity contribution in [2.24, 2.45) is 0 Å². The van der Waals surface area contributed by atoms with E-state index in [1.54, 1.807) is 30.3 Å². The number of hydrogen-bond acceptors (Lipinski definition) is 6. The van der Waals surface area contributed by atoms with Crippen LogP contribution in [0.2, 0.25) is 0 Å². The van der Waals surface area contributed by atoms with Crippen LogP contribution in [0, 0.1) is 10.1 Å². The Labute approximate surface area is 159 Å². The lowest BCUT2D eigenvalue weighted by atomic mass is 10.2. The average molecular weight is 376 g/mol. The van der Waals surface area contributed by atoms with Crippen LogP contribution in [0.5, 0.6) is 0 Å². The molecule has 4 rings (SSSR count). The Bertz CT molecular complexity index is 1040. The first kappa shape index (κ1) is 17.5. The Balaban J connectivity index is 1.39. The fourth-order valence-electron chi connectivity index (χ4n) is 2.71. The molecule has 28 heavy (non-hydrogen) atoms. The predicted octanol–water partition coefficient (Wildman–Crippen LogP) is 3.24. The van der Waals surface area contributed by atoms with Crippen molar-refractivity contribution in [3.63, 3.8) is 0 Å². The van der Waals surface area contributed by atoms with Gasteiger partial charge in [0, 0.05) is 29.5 Å². The van der Waals surface area contributed by atoms with E-state index < -0.39 is 4.92 Å². The van der Waals surface area contributed by atoms with Gasteiger partial charge in [-0.25, -0.2) is 4.68 Å². The number of nitro benzene ring substituents is 1. The highest BCUT2D eigenvalue weighted by atomic mass is 16.6. The minimum Gasteiger partial charge on any atom is -0.323 e. The summed E-state index contributed by atoms with van der Waals surface area (Å²) in [4.78, 5) is 22.3. The zero-order valence-corrected chi connectivity index (χ0v) is 14.7. The monoisotopic (exact) mass is 376 g/mol. The minimum absolute atomic E-state index is 0.00871. The van der Waals surface area contributed by atoms with Crippen LogP contribution >= 0.6 is 0 Å². The van der Waals surface area contributed by atoms with Crippen LogP contribution in [0.25, 0.3) is 17.5 Å². The fraction of sp³-hybridized carbons (Fsp3) is 0.158. The van der Waals surface area contributed by atoms with E-state index in [0.29, 0.717) is 17.3 Å². The van der Waals surface area contributed by atoms with Gasteiger partial charge in [0.05, 0.1) is 11.0 Å². The molecule has 140 valence electrons. The van der Waals surface area contributed by atoms with Crippen LogP contribution in [0.1, 0.15) is 24.4 Å². The minimum atomic E-state index is -0.465. The zero-order chi connectivity index (χ0) is 19.5. The molecule has 9 heteroatoms. The molecule has 3 aromatic rings. The quantitative estimate of drug-likeness (QED) is 0.401. The van der Waals surface area contributed by atoms with Crippen LogP contribution in [-0.4, -0.2) is 31.0 Å². The first-order chi connectivity index (χ1) is 13.6. The molecule has 2 aromatic carbocycles. The van der Waals surface area contributed by atoms with Crippen LogP contribution in [-0.2, 0) is 4.79 Å². The number of nitro groups is 1. The molecule has 0 radical (unpaired) electrons. The van der Waals surface area contributed by atoms with Crippen molar-refractivity contribution in [1.29, 1.82) is 0 Å². The Hall–Kier alpha value is -3.88. The Morgan fingerprint density at radius 1 is 1.14 bits per heavy atom. The maximum absolute atomic E-state index is 12.1. The van der Waals surface area contributed by atoms with Crippen LogP contribution in [0.15, 0.2) is 54.6 Å². The number of nitrogens with one attached hydrogen (secondary N) is 1. The van der Waals surface area contributed by atoms with Gasteiger partial charge in [-0.2, -0.15) is 0 Å². The smallest absolute Gasteiger partial charge is 0.269 e. The van der Waals surface area contributed by atoms with Crippen molar-refractivity contribution in [2.75, 3.05) is 5.32 Å². The molecule has 0 aliphatic heterocycles. The first-order valence-electron chi connectivity index (χ1n) is 8.72. The van der Waals surface area contributed by atoms with Gasteiger partial charge in [0.25, 0.3) is 5.69 Å². The fourth-order valence-corrected chi connectivity index (χ4v) is 2.71. The van der Waals surface area contributed by atoms with Gasteiger partial charge >= 0.3 is 0 Å². The highest BCUT2D eigenvalue weighted by Gasteiger charge is 2.28. The summed E-state index contributed by atoms with van der Waals surface area (Å²) in [6.45, 7) is 0. The summed E-state index contributed by atoms with van der Waals surface area (Å²) in [6, 6.07) is 13.6. The number of aromatic nitrogens is 4. The molecule has 1 aliphatic rings. The van der Waals surface area contributed by atoms with Crippen molar-refractivity contribution >= 4 is 23.4 Å². The first-order valence-corrected chi connectivity index (χ1v) is 8.72. The summed E-state index contributed by atoms with van der Waals surface area (Å²) < 4.78 is 1.83. The Kier molecular flexibility index (Phi) is 4.63. The van der Waals surface area contributed by atoms with Crippen LogP contribution in [0.4, 0.5) is 11.4 Å². The van der Waals surface area contributed by atoms with Gasteiger partial charge in [-0.1, -0.05) is 0 Å². The molecule has 0 spiro atoms. The van der Waals surface area contributed by atoms with Gasteiger partial charge in [-0.3, -0.25) is 14.9 Å². The molecular weight excluding hydrogens is 360 g/mol. The highest BCUT2D eigenvalue weighted by Crippen LogP contribution is 2.36. The van der Waals surface area contributed by atoms with E-state index in [2.05, 4.69) is 20.8 Å². The Morgan fingerprint density at radius 2 is 1.86 bits per heavy atom. The second-order valence-corrected chi connectivity index (χ2v) is 6.43. The van der Waals surface area contributed by atoms with E-state index in [-0.39, 0.29) is 11.6 Å². The molecule has 1 amide bonds. The SMILES string of the molecule is O=C(/C=C/c1ccc([N+](=O)[O-])cc1)Nc1ccc(-c2nnnn2C2CC2)cc1. The predicted molar refractivity (Wildman–Crippen MR) is 102 cm³/mol.